The largest absolute Gasteiger partial charge is 0.226 e. The molecule has 0 saturated carbocycles. The minimum Gasteiger partial charge on any atom is -0.226 e. The molecule has 1 aromatic carbocycles. The molecule has 1 aromatic heterocycles. The Balaban J connectivity index is 2.97. The van der Waals surface area contributed by atoms with E-state index in [4.69, 9.17) is 23.4 Å². The van der Waals surface area contributed by atoms with Crippen molar-refractivity contribution in [1.29, 1.82) is 0 Å². The van der Waals surface area contributed by atoms with Crippen molar-refractivity contribution < 1.29 is 4.39 Å². The topological polar surface area (TPSA) is 4.93 Å². The first-order valence-electron chi connectivity index (χ1n) is 3.32. The average Bonchev–Trinajstić information content (AvgIpc) is 2.29. The summed E-state index contributed by atoms with van der Waals surface area (Å²) in [6, 6.07) is 6.51. The van der Waals surface area contributed by atoms with Gasteiger partial charge in [0.15, 0.2) is 0 Å². The van der Waals surface area contributed by atoms with E-state index in [9.17, 15) is 4.39 Å². The molecular weight excluding hydrogens is 200 g/mol. The van der Waals surface area contributed by atoms with Crippen molar-refractivity contribution in [3.8, 4) is 0 Å². The molecule has 0 radical (unpaired) electrons. The predicted molar refractivity (Wildman–Crippen MR) is 48.2 cm³/mol. The standard InChI is InChI=1S/C8H4Cl2FN/c9-6-3-1-2-5-4-7(11)12(10)8(5)6/h1-4H. The van der Waals surface area contributed by atoms with Gasteiger partial charge in [-0.2, -0.15) is 4.39 Å². The Kier molecular flexibility index (Phi) is 1.74. The molecule has 0 aliphatic carbocycles. The van der Waals surface area contributed by atoms with Crippen LogP contribution < -0.4 is 0 Å². The first-order chi connectivity index (χ1) is 5.70. The number of fused-ring (bicyclic) bond motifs is 1. The lowest BCUT2D eigenvalue weighted by atomic mass is 10.2. The van der Waals surface area contributed by atoms with Crippen LogP contribution in [0.5, 0.6) is 0 Å². The molecule has 0 unspecified atom stereocenters. The number of hydrogen-bond acceptors (Lipinski definition) is 0. The predicted octanol–water partition coefficient (Wildman–Crippen LogP) is 3.44. The van der Waals surface area contributed by atoms with Gasteiger partial charge >= 0.3 is 0 Å². The molecule has 0 spiro atoms. The summed E-state index contributed by atoms with van der Waals surface area (Å²) >= 11 is 11.4. The van der Waals surface area contributed by atoms with Crippen LogP contribution in [0.3, 0.4) is 0 Å². The first-order valence-corrected chi connectivity index (χ1v) is 4.03. The number of halogens is 3. The molecule has 2 rings (SSSR count). The van der Waals surface area contributed by atoms with Crippen LogP contribution in [0.2, 0.25) is 5.02 Å². The molecule has 0 saturated heterocycles. The molecule has 4 heteroatoms. The van der Waals surface area contributed by atoms with Gasteiger partial charge in [-0.05, 0) is 6.07 Å². The van der Waals surface area contributed by atoms with Crippen LogP contribution in [0.1, 0.15) is 0 Å². The van der Waals surface area contributed by atoms with E-state index in [-0.39, 0.29) is 0 Å². The summed E-state index contributed by atoms with van der Waals surface area (Å²) in [5.41, 5.74) is 0.512. The second-order valence-corrected chi connectivity index (χ2v) is 3.17. The Bertz CT molecular complexity index is 436. The zero-order valence-electron chi connectivity index (χ0n) is 5.89. The maximum absolute atomic E-state index is 12.9. The zero-order valence-corrected chi connectivity index (χ0v) is 7.40. The van der Waals surface area contributed by atoms with Crippen LogP contribution >= 0.6 is 23.4 Å². The molecule has 0 bridgehead atoms. The maximum Gasteiger partial charge on any atom is 0.209 e. The average molecular weight is 204 g/mol. The molecule has 0 amide bonds. The summed E-state index contributed by atoms with van der Waals surface area (Å²) in [5.74, 6) is -0.500. The van der Waals surface area contributed by atoms with Gasteiger partial charge in [0.25, 0.3) is 0 Å². The van der Waals surface area contributed by atoms with Gasteiger partial charge in [0, 0.05) is 23.2 Å². The summed E-state index contributed by atoms with van der Waals surface area (Å²) in [7, 11) is 0. The lowest BCUT2D eigenvalue weighted by molar-refractivity contribution is 0.581. The lowest BCUT2D eigenvalue weighted by Gasteiger charge is -1.95. The van der Waals surface area contributed by atoms with Crippen molar-refractivity contribution in [2.24, 2.45) is 0 Å². The van der Waals surface area contributed by atoms with Crippen LogP contribution in [-0.2, 0) is 0 Å². The van der Waals surface area contributed by atoms with Crippen LogP contribution in [0.4, 0.5) is 4.39 Å². The molecule has 0 fully saturated rings. The Morgan fingerprint density at radius 3 is 2.75 bits per heavy atom. The number of hydrogen-bond donors (Lipinski definition) is 0. The van der Waals surface area contributed by atoms with Crippen molar-refractivity contribution in [3.63, 3.8) is 0 Å². The summed E-state index contributed by atoms with van der Waals surface area (Å²) in [6.07, 6.45) is 0. The smallest absolute Gasteiger partial charge is 0.209 e. The summed E-state index contributed by atoms with van der Waals surface area (Å²) in [4.78, 5) is 0. The van der Waals surface area contributed by atoms with E-state index in [1.807, 2.05) is 0 Å². The number of nitrogens with zero attached hydrogens (tertiary/aromatic N) is 1. The van der Waals surface area contributed by atoms with Crippen molar-refractivity contribution in [1.82, 2.24) is 4.09 Å². The monoisotopic (exact) mass is 203 g/mol. The SMILES string of the molecule is Fc1cc2cccc(Cl)c2n1Cl. The second-order valence-electron chi connectivity index (χ2n) is 2.43. The fourth-order valence-corrected chi connectivity index (χ4v) is 1.69. The molecule has 0 aliphatic rings. The Labute approximate surface area is 78.4 Å². The van der Waals surface area contributed by atoms with Crippen molar-refractivity contribution >= 4 is 34.3 Å². The Morgan fingerprint density at radius 1 is 1.33 bits per heavy atom. The van der Waals surface area contributed by atoms with Crippen molar-refractivity contribution in [2.45, 2.75) is 0 Å². The normalized spacial score (nSPS) is 10.9. The number of benzene rings is 1. The zero-order chi connectivity index (χ0) is 8.72. The molecule has 62 valence electrons. The lowest BCUT2D eigenvalue weighted by Crippen LogP contribution is -1.82. The molecule has 2 aromatic rings. The van der Waals surface area contributed by atoms with E-state index in [1.54, 1.807) is 18.2 Å². The van der Waals surface area contributed by atoms with E-state index in [0.29, 0.717) is 15.9 Å². The van der Waals surface area contributed by atoms with Gasteiger partial charge < -0.3 is 0 Å². The molecule has 0 aliphatic heterocycles. The van der Waals surface area contributed by atoms with E-state index in [1.165, 1.54) is 6.07 Å². The fourth-order valence-electron chi connectivity index (χ4n) is 1.15. The van der Waals surface area contributed by atoms with Crippen molar-refractivity contribution in [2.75, 3.05) is 0 Å². The van der Waals surface area contributed by atoms with Gasteiger partial charge in [-0.1, -0.05) is 23.7 Å². The minimum atomic E-state index is -0.500. The summed E-state index contributed by atoms with van der Waals surface area (Å²) < 4.78 is 13.8. The third-order valence-electron chi connectivity index (χ3n) is 1.68. The number of para-hydroxylation sites is 1. The van der Waals surface area contributed by atoms with Gasteiger partial charge in [-0.15, -0.1) is 0 Å². The molecule has 0 N–H and O–H groups in total. The molecule has 1 heterocycles. The van der Waals surface area contributed by atoms with Crippen LogP contribution in [-0.4, -0.2) is 4.09 Å². The molecule has 0 atom stereocenters. The first kappa shape index (κ1) is 7.90. The van der Waals surface area contributed by atoms with Gasteiger partial charge in [0.05, 0.1) is 10.5 Å². The third-order valence-corrected chi connectivity index (χ3v) is 2.31. The highest BCUT2D eigenvalue weighted by atomic mass is 35.5. The van der Waals surface area contributed by atoms with Crippen LogP contribution in [0.25, 0.3) is 10.9 Å². The molecular formula is C8H4Cl2FN. The van der Waals surface area contributed by atoms with E-state index in [2.05, 4.69) is 0 Å². The van der Waals surface area contributed by atoms with E-state index < -0.39 is 5.95 Å². The summed E-state index contributed by atoms with van der Waals surface area (Å²) in [5, 5.41) is 1.15. The highest BCUT2D eigenvalue weighted by Gasteiger charge is 2.08. The highest BCUT2D eigenvalue weighted by Crippen LogP contribution is 2.26. The number of aromatic nitrogens is 1. The van der Waals surface area contributed by atoms with Gasteiger partial charge in [0.1, 0.15) is 0 Å². The van der Waals surface area contributed by atoms with Crippen LogP contribution in [0, 0.1) is 5.95 Å². The Morgan fingerprint density at radius 2 is 2.08 bits per heavy atom. The van der Waals surface area contributed by atoms with Crippen LogP contribution in [0.15, 0.2) is 24.3 Å². The number of rotatable bonds is 0. The van der Waals surface area contributed by atoms with Gasteiger partial charge in [-0.3, -0.25) is 0 Å². The van der Waals surface area contributed by atoms with Gasteiger partial charge in [-0.25, -0.2) is 4.09 Å². The maximum atomic E-state index is 12.9. The van der Waals surface area contributed by atoms with E-state index in [0.717, 1.165) is 4.09 Å². The quantitative estimate of drug-likeness (QED) is 0.619. The van der Waals surface area contributed by atoms with Gasteiger partial charge in [0.2, 0.25) is 5.95 Å². The molecule has 12 heavy (non-hydrogen) atoms. The van der Waals surface area contributed by atoms with Crippen molar-refractivity contribution in [3.05, 3.63) is 35.2 Å². The molecule has 1 nitrogen and oxygen atoms in total. The second kappa shape index (κ2) is 2.64. The highest BCUT2D eigenvalue weighted by molar-refractivity contribution is 6.36. The minimum absolute atomic E-state index is 0.450. The van der Waals surface area contributed by atoms with E-state index >= 15 is 0 Å². The Hall–Kier alpha value is -0.730. The fraction of sp³-hybridized carbons (Fsp3) is 0. The summed E-state index contributed by atoms with van der Waals surface area (Å²) in [6.45, 7) is 0. The third kappa shape index (κ3) is 0.993.